The molecule has 142 valence electrons. The monoisotopic (exact) mass is 439 g/mol. The Bertz CT molecular complexity index is 1040. The summed E-state index contributed by atoms with van der Waals surface area (Å²) in [6.45, 7) is 1.68. The molecule has 2 amide bonds. The van der Waals surface area contributed by atoms with Crippen LogP contribution in [0.4, 0.5) is 11.5 Å². The maximum absolute atomic E-state index is 12.6. The van der Waals surface area contributed by atoms with E-state index in [0.717, 1.165) is 10.0 Å². The number of nitrogens with zero attached hydrogens (tertiary/aromatic N) is 2. The summed E-state index contributed by atoms with van der Waals surface area (Å²) in [5.41, 5.74) is 2.47. The second kappa shape index (κ2) is 8.18. The van der Waals surface area contributed by atoms with Crippen molar-refractivity contribution in [1.82, 2.24) is 9.78 Å². The zero-order chi connectivity index (χ0) is 20.3. The zero-order valence-electron chi connectivity index (χ0n) is 15.3. The minimum atomic E-state index is -0.375. The van der Waals surface area contributed by atoms with Crippen LogP contribution < -0.4 is 10.6 Å². The standard InChI is InChI=1S/C20H18BrN5O2/c1-12(22)13-3-5-14(6-4-13)19(27)25-18-17(11-23-26(18)2)20(28)24-16-9-7-15(21)8-10-16/h3-11,22H,1-2H3,(H,24,28)(H,25,27). The van der Waals surface area contributed by atoms with Crippen LogP contribution in [0.25, 0.3) is 0 Å². The molecule has 0 saturated carbocycles. The highest BCUT2D eigenvalue weighted by Crippen LogP contribution is 2.19. The van der Waals surface area contributed by atoms with Crippen LogP contribution in [0, 0.1) is 5.41 Å². The number of benzene rings is 2. The van der Waals surface area contributed by atoms with Crippen LogP contribution in [0.5, 0.6) is 0 Å². The van der Waals surface area contributed by atoms with Crippen molar-refractivity contribution in [2.75, 3.05) is 10.6 Å². The number of halogens is 1. The molecule has 7 nitrogen and oxygen atoms in total. The fourth-order valence-corrected chi connectivity index (χ4v) is 2.80. The molecule has 0 unspecified atom stereocenters. The smallest absolute Gasteiger partial charge is 0.261 e. The van der Waals surface area contributed by atoms with E-state index in [4.69, 9.17) is 5.41 Å². The third-order valence-corrected chi connectivity index (χ3v) is 4.63. The first kappa shape index (κ1) is 19.5. The average Bonchev–Trinajstić information content (AvgIpc) is 3.04. The van der Waals surface area contributed by atoms with Crippen LogP contribution in [-0.4, -0.2) is 27.3 Å². The minimum absolute atomic E-state index is 0.255. The summed E-state index contributed by atoms with van der Waals surface area (Å²) in [7, 11) is 1.65. The summed E-state index contributed by atoms with van der Waals surface area (Å²) < 4.78 is 2.34. The zero-order valence-corrected chi connectivity index (χ0v) is 16.9. The number of carbonyl (C=O) groups excluding carboxylic acids is 2. The van der Waals surface area contributed by atoms with Crippen molar-refractivity contribution in [2.24, 2.45) is 7.05 Å². The maximum Gasteiger partial charge on any atom is 0.261 e. The lowest BCUT2D eigenvalue weighted by atomic mass is 10.1. The summed E-state index contributed by atoms with van der Waals surface area (Å²) in [4.78, 5) is 25.2. The Labute approximate surface area is 170 Å². The number of carbonyl (C=O) groups is 2. The van der Waals surface area contributed by atoms with Crippen LogP contribution in [0.1, 0.15) is 33.2 Å². The number of aromatic nitrogens is 2. The molecule has 2 aromatic carbocycles. The molecule has 0 aliphatic carbocycles. The fraction of sp³-hybridized carbons (Fsp3) is 0.100. The van der Waals surface area contributed by atoms with Crippen molar-refractivity contribution >= 4 is 45.0 Å². The van der Waals surface area contributed by atoms with Crippen LogP contribution in [0.15, 0.2) is 59.2 Å². The molecule has 3 rings (SSSR count). The van der Waals surface area contributed by atoms with Gasteiger partial charge in [0, 0.05) is 28.5 Å². The van der Waals surface area contributed by atoms with E-state index in [0.29, 0.717) is 22.8 Å². The molecule has 0 bridgehead atoms. The van der Waals surface area contributed by atoms with Gasteiger partial charge in [-0.25, -0.2) is 0 Å². The van der Waals surface area contributed by atoms with E-state index in [1.165, 1.54) is 10.9 Å². The Kier molecular flexibility index (Phi) is 5.70. The molecule has 1 heterocycles. The first-order valence-electron chi connectivity index (χ1n) is 8.41. The van der Waals surface area contributed by atoms with Gasteiger partial charge in [-0.15, -0.1) is 0 Å². The predicted molar refractivity (Wildman–Crippen MR) is 112 cm³/mol. The Morgan fingerprint density at radius 2 is 1.57 bits per heavy atom. The van der Waals surface area contributed by atoms with Gasteiger partial charge in [0.15, 0.2) is 0 Å². The van der Waals surface area contributed by atoms with Crippen molar-refractivity contribution < 1.29 is 9.59 Å². The van der Waals surface area contributed by atoms with Crippen LogP contribution in [-0.2, 0) is 7.05 Å². The molecule has 28 heavy (non-hydrogen) atoms. The van der Waals surface area contributed by atoms with Gasteiger partial charge in [-0.1, -0.05) is 28.1 Å². The number of hydrogen-bond acceptors (Lipinski definition) is 4. The van der Waals surface area contributed by atoms with Crippen molar-refractivity contribution in [1.29, 1.82) is 5.41 Å². The molecule has 0 fully saturated rings. The summed E-state index contributed by atoms with van der Waals surface area (Å²) in [5, 5.41) is 17.2. The van der Waals surface area contributed by atoms with Crippen molar-refractivity contribution in [3.63, 3.8) is 0 Å². The van der Waals surface area contributed by atoms with Gasteiger partial charge in [0.25, 0.3) is 11.8 Å². The number of nitrogens with one attached hydrogen (secondary N) is 3. The topological polar surface area (TPSA) is 99.9 Å². The molecular weight excluding hydrogens is 422 g/mol. The Balaban J connectivity index is 1.78. The average molecular weight is 440 g/mol. The van der Waals surface area contributed by atoms with Gasteiger partial charge >= 0.3 is 0 Å². The van der Waals surface area contributed by atoms with E-state index >= 15 is 0 Å². The fourth-order valence-electron chi connectivity index (χ4n) is 2.53. The van der Waals surface area contributed by atoms with Gasteiger partial charge in [0.1, 0.15) is 11.4 Å². The van der Waals surface area contributed by atoms with Crippen molar-refractivity contribution in [3.05, 3.63) is 75.9 Å². The van der Waals surface area contributed by atoms with Gasteiger partial charge in [-0.3, -0.25) is 14.3 Å². The van der Waals surface area contributed by atoms with Gasteiger partial charge in [-0.2, -0.15) is 5.10 Å². The van der Waals surface area contributed by atoms with E-state index in [2.05, 4.69) is 31.7 Å². The lowest BCUT2D eigenvalue weighted by Crippen LogP contribution is -2.19. The lowest BCUT2D eigenvalue weighted by Gasteiger charge is -2.10. The molecule has 0 aliphatic heterocycles. The molecule has 0 radical (unpaired) electrons. The molecule has 3 N–H and O–H groups in total. The highest BCUT2D eigenvalue weighted by atomic mass is 79.9. The van der Waals surface area contributed by atoms with E-state index in [-0.39, 0.29) is 17.4 Å². The molecule has 1 aromatic heterocycles. The second-order valence-electron chi connectivity index (χ2n) is 6.15. The molecule has 8 heteroatoms. The van der Waals surface area contributed by atoms with E-state index < -0.39 is 0 Å². The van der Waals surface area contributed by atoms with Gasteiger partial charge < -0.3 is 16.0 Å². The van der Waals surface area contributed by atoms with Crippen molar-refractivity contribution in [2.45, 2.75) is 6.92 Å². The quantitative estimate of drug-likeness (QED) is 0.522. The number of aryl methyl sites for hydroxylation is 1. The van der Waals surface area contributed by atoms with E-state index in [1.54, 1.807) is 50.4 Å². The second-order valence-corrected chi connectivity index (χ2v) is 7.06. The number of anilines is 2. The van der Waals surface area contributed by atoms with Crippen LogP contribution in [0.2, 0.25) is 0 Å². The Morgan fingerprint density at radius 3 is 2.18 bits per heavy atom. The largest absolute Gasteiger partial charge is 0.322 e. The van der Waals surface area contributed by atoms with Gasteiger partial charge in [-0.05, 0) is 48.9 Å². The lowest BCUT2D eigenvalue weighted by molar-refractivity contribution is 0.102. The predicted octanol–water partition coefficient (Wildman–Crippen LogP) is 4.07. The van der Waals surface area contributed by atoms with Crippen molar-refractivity contribution in [3.8, 4) is 0 Å². The van der Waals surface area contributed by atoms with Crippen LogP contribution in [0.3, 0.4) is 0 Å². The number of amides is 2. The summed E-state index contributed by atoms with van der Waals surface area (Å²) in [6, 6.07) is 13.9. The first-order valence-corrected chi connectivity index (χ1v) is 9.20. The molecule has 0 spiro atoms. The Morgan fingerprint density at radius 1 is 0.964 bits per heavy atom. The minimum Gasteiger partial charge on any atom is -0.322 e. The van der Waals surface area contributed by atoms with Gasteiger partial charge in [0.05, 0.1) is 6.20 Å². The highest BCUT2D eigenvalue weighted by Gasteiger charge is 2.19. The highest BCUT2D eigenvalue weighted by molar-refractivity contribution is 9.10. The molecular formula is C20H18BrN5O2. The molecule has 0 atom stereocenters. The number of hydrogen-bond donors (Lipinski definition) is 3. The van der Waals surface area contributed by atoms with E-state index in [9.17, 15) is 9.59 Å². The summed E-state index contributed by atoms with van der Waals surface area (Å²) in [6.07, 6.45) is 1.41. The third kappa shape index (κ3) is 4.34. The van der Waals surface area contributed by atoms with E-state index in [1.807, 2.05) is 12.1 Å². The Hall–Kier alpha value is -3.26. The normalized spacial score (nSPS) is 10.4. The maximum atomic E-state index is 12.6. The van der Waals surface area contributed by atoms with Crippen LogP contribution >= 0.6 is 15.9 Å². The molecule has 0 aliphatic rings. The molecule has 0 saturated heterocycles. The molecule has 3 aromatic rings. The third-order valence-electron chi connectivity index (χ3n) is 4.10. The SMILES string of the molecule is CC(=N)c1ccc(C(=O)Nc2c(C(=O)Nc3ccc(Br)cc3)cnn2C)cc1. The first-order chi connectivity index (χ1) is 13.3. The van der Waals surface area contributed by atoms with Gasteiger partial charge in [0.2, 0.25) is 0 Å². The summed E-state index contributed by atoms with van der Waals surface area (Å²) in [5.74, 6) is -0.442. The summed E-state index contributed by atoms with van der Waals surface area (Å²) >= 11 is 3.35. The number of rotatable bonds is 5.